The van der Waals surface area contributed by atoms with Crippen LogP contribution in [0, 0.1) is 10.1 Å². The molecule has 0 bridgehead atoms. The molecule has 7 nitrogen and oxygen atoms in total. The maximum absolute atomic E-state index is 12.4. The van der Waals surface area contributed by atoms with E-state index < -0.39 is 28.6 Å². The van der Waals surface area contributed by atoms with Gasteiger partial charge in [0.2, 0.25) is 11.8 Å². The third-order valence-corrected chi connectivity index (χ3v) is 4.49. The molecule has 0 spiro atoms. The smallest absolute Gasteiger partial charge is 0.269 e. The van der Waals surface area contributed by atoms with Crippen LogP contribution >= 0.6 is 11.6 Å². The third-order valence-electron chi connectivity index (χ3n) is 4.14. The van der Waals surface area contributed by atoms with E-state index in [4.69, 9.17) is 16.3 Å². The first-order valence-electron chi connectivity index (χ1n) is 7.35. The molecule has 0 aromatic heterocycles. The second-order valence-corrected chi connectivity index (χ2v) is 5.92. The van der Waals surface area contributed by atoms with E-state index in [-0.39, 0.29) is 16.3 Å². The third kappa shape index (κ3) is 2.94. The molecule has 0 aliphatic carbocycles. The van der Waals surface area contributed by atoms with Gasteiger partial charge in [-0.1, -0.05) is 29.8 Å². The highest BCUT2D eigenvalue weighted by molar-refractivity contribution is 6.32. The molecular formula is C17H13ClN2O5. The number of methoxy groups -OCH3 is 1. The van der Waals surface area contributed by atoms with Crippen molar-refractivity contribution < 1.29 is 19.2 Å². The normalized spacial score (nSPS) is 19.6. The Kier molecular flexibility index (Phi) is 4.41. The average molecular weight is 361 g/mol. The first-order valence-corrected chi connectivity index (χ1v) is 7.73. The molecule has 1 aliphatic heterocycles. The highest BCUT2D eigenvalue weighted by Gasteiger charge is 2.45. The van der Waals surface area contributed by atoms with Gasteiger partial charge in [-0.2, -0.15) is 0 Å². The predicted molar refractivity (Wildman–Crippen MR) is 89.7 cm³/mol. The number of benzene rings is 2. The van der Waals surface area contributed by atoms with Crippen molar-refractivity contribution in [2.45, 2.75) is 11.8 Å². The lowest BCUT2D eigenvalue weighted by Crippen LogP contribution is -2.22. The van der Waals surface area contributed by atoms with Crippen LogP contribution in [0.3, 0.4) is 0 Å². The van der Waals surface area contributed by atoms with Gasteiger partial charge in [-0.25, -0.2) is 0 Å². The fourth-order valence-corrected chi connectivity index (χ4v) is 3.26. The lowest BCUT2D eigenvalue weighted by molar-refractivity contribution is -0.384. The van der Waals surface area contributed by atoms with Crippen LogP contribution < -0.4 is 10.1 Å². The van der Waals surface area contributed by atoms with Gasteiger partial charge >= 0.3 is 0 Å². The zero-order chi connectivity index (χ0) is 18.1. The average Bonchev–Trinajstić information content (AvgIpc) is 2.88. The van der Waals surface area contributed by atoms with Crippen LogP contribution in [0.1, 0.15) is 23.0 Å². The summed E-state index contributed by atoms with van der Waals surface area (Å²) in [6, 6.07) is 10.7. The number of halogens is 1. The molecule has 2 aromatic rings. The van der Waals surface area contributed by atoms with Gasteiger partial charge in [-0.15, -0.1) is 0 Å². The molecule has 1 aliphatic rings. The molecule has 1 N–H and O–H groups in total. The highest BCUT2D eigenvalue weighted by atomic mass is 35.5. The second kappa shape index (κ2) is 6.52. The monoisotopic (exact) mass is 360 g/mol. The largest absolute Gasteiger partial charge is 0.496 e. The van der Waals surface area contributed by atoms with Gasteiger partial charge in [0.05, 0.1) is 23.9 Å². The Bertz CT molecular complexity index is 883. The summed E-state index contributed by atoms with van der Waals surface area (Å²) >= 11 is 6.18. The van der Waals surface area contributed by atoms with Crippen molar-refractivity contribution in [3.63, 3.8) is 0 Å². The molecular weight excluding hydrogens is 348 g/mol. The molecule has 0 saturated carbocycles. The number of ether oxygens (including phenoxy) is 1. The number of para-hydroxylation sites is 1. The lowest BCUT2D eigenvalue weighted by Gasteiger charge is -2.19. The van der Waals surface area contributed by atoms with Crippen LogP contribution in [0.15, 0.2) is 42.5 Å². The summed E-state index contributed by atoms with van der Waals surface area (Å²) in [5.74, 6) is -2.46. The minimum absolute atomic E-state index is 0.181. The number of nitro groups is 1. The molecule has 8 heteroatoms. The minimum atomic E-state index is -0.976. The van der Waals surface area contributed by atoms with Crippen molar-refractivity contribution in [2.75, 3.05) is 7.11 Å². The number of imide groups is 1. The molecule has 0 radical (unpaired) electrons. The Morgan fingerprint density at radius 2 is 1.72 bits per heavy atom. The Balaban J connectivity index is 2.16. The molecule has 1 heterocycles. The quantitative estimate of drug-likeness (QED) is 0.513. The standard InChI is InChI=1S/C17H13ClN2O5/c1-25-13-5-3-2-4-10(13)14-15(17(22)19-16(14)21)11-8-9(20(23)24)6-7-12(11)18/h2-8,14-15H,1H3,(H,19,21,22)/t14-,15-/m0/s1. The zero-order valence-electron chi connectivity index (χ0n) is 13.1. The first-order chi connectivity index (χ1) is 11.9. The fraction of sp³-hybridized carbons (Fsp3) is 0.176. The van der Waals surface area contributed by atoms with E-state index in [0.717, 1.165) is 0 Å². The maximum atomic E-state index is 12.4. The predicted octanol–water partition coefficient (Wildman–Crippen LogP) is 2.78. The fourth-order valence-electron chi connectivity index (χ4n) is 3.03. The van der Waals surface area contributed by atoms with Crippen LogP contribution in [0.4, 0.5) is 5.69 Å². The van der Waals surface area contributed by atoms with Crippen LogP contribution in [0.5, 0.6) is 5.75 Å². The molecule has 0 unspecified atom stereocenters. The van der Waals surface area contributed by atoms with Crippen LogP contribution in [-0.4, -0.2) is 23.8 Å². The maximum Gasteiger partial charge on any atom is 0.269 e. The molecule has 2 amide bonds. The van der Waals surface area contributed by atoms with Gasteiger partial charge in [-0.3, -0.25) is 25.0 Å². The summed E-state index contributed by atoms with van der Waals surface area (Å²) in [5, 5.41) is 13.5. The Hall–Kier alpha value is -2.93. The van der Waals surface area contributed by atoms with Crippen LogP contribution in [0.25, 0.3) is 0 Å². The van der Waals surface area contributed by atoms with E-state index in [2.05, 4.69) is 5.32 Å². The molecule has 3 rings (SSSR count). The number of nitrogens with zero attached hydrogens (tertiary/aromatic N) is 1. The van der Waals surface area contributed by atoms with Gasteiger partial charge in [0, 0.05) is 22.7 Å². The Morgan fingerprint density at radius 3 is 2.36 bits per heavy atom. The number of rotatable bonds is 4. The molecule has 25 heavy (non-hydrogen) atoms. The summed E-state index contributed by atoms with van der Waals surface area (Å²) in [5.41, 5.74) is 0.543. The number of hydrogen-bond acceptors (Lipinski definition) is 5. The number of nitrogens with one attached hydrogen (secondary N) is 1. The van der Waals surface area contributed by atoms with Crippen LogP contribution in [-0.2, 0) is 9.59 Å². The molecule has 2 atom stereocenters. The zero-order valence-corrected chi connectivity index (χ0v) is 13.8. The summed E-state index contributed by atoms with van der Waals surface area (Å²) in [6.45, 7) is 0. The van der Waals surface area contributed by atoms with Gasteiger partial charge < -0.3 is 4.74 Å². The first kappa shape index (κ1) is 16.9. The number of nitro benzene ring substituents is 1. The van der Waals surface area contributed by atoms with Crippen molar-refractivity contribution in [2.24, 2.45) is 0 Å². The molecule has 1 fully saturated rings. The molecule has 2 aromatic carbocycles. The van der Waals surface area contributed by atoms with Gasteiger partial charge in [0.1, 0.15) is 5.75 Å². The van der Waals surface area contributed by atoms with Crippen molar-refractivity contribution in [1.29, 1.82) is 0 Å². The van der Waals surface area contributed by atoms with Gasteiger partial charge in [-0.05, 0) is 17.7 Å². The number of hydrogen-bond donors (Lipinski definition) is 1. The van der Waals surface area contributed by atoms with E-state index in [0.29, 0.717) is 11.3 Å². The number of carbonyl (C=O) groups excluding carboxylic acids is 2. The van der Waals surface area contributed by atoms with Gasteiger partial charge in [0.25, 0.3) is 5.69 Å². The molecule has 1 saturated heterocycles. The van der Waals surface area contributed by atoms with Crippen molar-refractivity contribution >= 4 is 29.1 Å². The van der Waals surface area contributed by atoms with E-state index in [9.17, 15) is 19.7 Å². The molecule has 128 valence electrons. The second-order valence-electron chi connectivity index (χ2n) is 5.51. The summed E-state index contributed by atoms with van der Waals surface area (Å²) in [7, 11) is 1.46. The van der Waals surface area contributed by atoms with Crippen molar-refractivity contribution in [3.05, 3.63) is 68.7 Å². The number of amides is 2. The van der Waals surface area contributed by atoms with E-state index in [1.807, 2.05) is 0 Å². The van der Waals surface area contributed by atoms with Crippen molar-refractivity contribution in [3.8, 4) is 5.75 Å². The Morgan fingerprint density at radius 1 is 1.08 bits per heavy atom. The van der Waals surface area contributed by atoms with Crippen LogP contribution in [0.2, 0.25) is 5.02 Å². The Labute approximate surface area is 147 Å². The summed E-state index contributed by atoms with van der Waals surface area (Å²) < 4.78 is 5.29. The van der Waals surface area contributed by atoms with Gasteiger partial charge in [0.15, 0.2) is 0 Å². The minimum Gasteiger partial charge on any atom is -0.496 e. The topological polar surface area (TPSA) is 98.5 Å². The highest BCUT2D eigenvalue weighted by Crippen LogP contribution is 2.43. The number of carbonyl (C=O) groups is 2. The van der Waals surface area contributed by atoms with E-state index in [1.54, 1.807) is 24.3 Å². The summed E-state index contributed by atoms with van der Waals surface area (Å²) in [4.78, 5) is 35.3. The van der Waals surface area contributed by atoms with E-state index >= 15 is 0 Å². The lowest BCUT2D eigenvalue weighted by atomic mass is 9.82. The summed E-state index contributed by atoms with van der Waals surface area (Å²) in [6.07, 6.45) is 0. The van der Waals surface area contributed by atoms with E-state index in [1.165, 1.54) is 25.3 Å². The SMILES string of the molecule is COc1ccccc1[C@@H]1C(=O)NC(=O)[C@H]1c1cc([N+](=O)[O-])ccc1Cl. The van der Waals surface area contributed by atoms with Crippen molar-refractivity contribution in [1.82, 2.24) is 5.32 Å². The number of non-ortho nitro benzene ring substituents is 1.